The Morgan fingerprint density at radius 3 is 0.806 bits per heavy atom. The fourth-order valence-electron chi connectivity index (χ4n) is 3.91. The maximum absolute atomic E-state index is 5.75. The number of ether oxygens (including phenoxy) is 8. The summed E-state index contributed by atoms with van der Waals surface area (Å²) < 4.78 is 45.1. The van der Waals surface area contributed by atoms with Gasteiger partial charge in [-0.25, -0.2) is 0 Å². The highest BCUT2D eigenvalue weighted by Crippen LogP contribution is 2.53. The molecule has 2 rings (SSSR count). The number of benzene rings is 2. The summed E-state index contributed by atoms with van der Waals surface area (Å²) in [6.45, 7) is 3.89. The molecule has 2 aromatic rings. The van der Waals surface area contributed by atoms with E-state index in [0.717, 1.165) is 22.3 Å². The molecule has 0 aromatic heterocycles. The zero-order chi connectivity index (χ0) is 23.3. The lowest BCUT2D eigenvalue weighted by molar-refractivity contribution is 0.300. The van der Waals surface area contributed by atoms with Gasteiger partial charge in [-0.3, -0.25) is 0 Å². The minimum Gasteiger partial charge on any atom is -0.492 e. The van der Waals surface area contributed by atoms with Crippen molar-refractivity contribution < 1.29 is 37.9 Å². The largest absolute Gasteiger partial charge is 0.492 e. The average molecular weight is 437 g/mol. The Labute approximate surface area is 183 Å². The molecule has 0 aliphatic heterocycles. The molecular formula is C23H32O8. The second-order valence-electron chi connectivity index (χ2n) is 6.65. The fraction of sp³-hybridized carbons (Fsp3) is 0.478. The van der Waals surface area contributed by atoms with Crippen LogP contribution in [0.25, 0.3) is 0 Å². The van der Waals surface area contributed by atoms with Crippen LogP contribution in [0.5, 0.6) is 46.0 Å². The van der Waals surface area contributed by atoms with E-state index in [0.29, 0.717) is 52.4 Å². The number of rotatable bonds is 10. The van der Waals surface area contributed by atoms with E-state index in [4.69, 9.17) is 37.9 Å². The molecule has 0 saturated carbocycles. The van der Waals surface area contributed by atoms with Crippen molar-refractivity contribution in [2.75, 3.05) is 56.9 Å². The van der Waals surface area contributed by atoms with Gasteiger partial charge in [0.05, 0.1) is 56.9 Å². The molecule has 0 fully saturated rings. The Kier molecular flexibility index (Phi) is 7.96. The molecule has 0 aliphatic rings. The summed E-state index contributed by atoms with van der Waals surface area (Å²) in [4.78, 5) is 0. The molecular weight excluding hydrogens is 404 g/mol. The van der Waals surface area contributed by atoms with Crippen LogP contribution < -0.4 is 37.9 Å². The minimum atomic E-state index is 0.428. The predicted octanol–water partition coefficient (Wildman–Crippen LogP) is 3.96. The molecule has 0 heterocycles. The van der Waals surface area contributed by atoms with E-state index in [9.17, 15) is 0 Å². The molecule has 0 radical (unpaired) electrons. The lowest BCUT2D eigenvalue weighted by atomic mass is 9.93. The third-order valence-corrected chi connectivity index (χ3v) is 5.36. The summed E-state index contributed by atoms with van der Waals surface area (Å²) in [6.07, 6.45) is 0.428. The average Bonchev–Trinajstić information content (AvgIpc) is 2.79. The zero-order valence-corrected chi connectivity index (χ0v) is 20.0. The van der Waals surface area contributed by atoms with E-state index < -0.39 is 0 Å². The molecule has 0 spiro atoms. The van der Waals surface area contributed by atoms with Gasteiger partial charge in [0.1, 0.15) is 0 Å². The van der Waals surface area contributed by atoms with Gasteiger partial charge in [0, 0.05) is 28.7 Å². The summed E-state index contributed by atoms with van der Waals surface area (Å²) in [7, 11) is 12.6. The van der Waals surface area contributed by atoms with Gasteiger partial charge in [-0.15, -0.1) is 0 Å². The van der Waals surface area contributed by atoms with Gasteiger partial charge < -0.3 is 37.9 Å². The molecule has 0 N–H and O–H groups in total. The van der Waals surface area contributed by atoms with Crippen LogP contribution >= 0.6 is 0 Å². The van der Waals surface area contributed by atoms with Gasteiger partial charge in [0.2, 0.25) is 23.0 Å². The van der Waals surface area contributed by atoms with Crippen LogP contribution in [0.1, 0.15) is 22.3 Å². The van der Waals surface area contributed by atoms with E-state index in [2.05, 4.69) is 0 Å². The number of methoxy groups -OCH3 is 8. The standard InChI is InChI=1S/C23H32O8/c1-12-14(18(26-5)22(30-9)20(28-7)16(12)24-3)11-15-13(2)17(25-4)21(29-8)23(31-10)19(15)27-6/h11H2,1-10H3. The molecule has 0 atom stereocenters. The lowest BCUT2D eigenvalue weighted by Crippen LogP contribution is -2.08. The molecule has 0 amide bonds. The topological polar surface area (TPSA) is 73.8 Å². The van der Waals surface area contributed by atoms with Crippen LogP contribution in [-0.2, 0) is 6.42 Å². The highest BCUT2D eigenvalue weighted by atomic mass is 16.6. The minimum absolute atomic E-state index is 0.428. The number of hydrogen-bond acceptors (Lipinski definition) is 8. The van der Waals surface area contributed by atoms with Gasteiger partial charge >= 0.3 is 0 Å². The Morgan fingerprint density at radius 2 is 0.581 bits per heavy atom. The molecule has 31 heavy (non-hydrogen) atoms. The van der Waals surface area contributed by atoms with Crippen molar-refractivity contribution in [3.63, 3.8) is 0 Å². The van der Waals surface area contributed by atoms with Gasteiger partial charge in [0.15, 0.2) is 23.0 Å². The second-order valence-corrected chi connectivity index (χ2v) is 6.65. The Bertz CT molecular complexity index is 861. The second kappa shape index (κ2) is 10.2. The van der Waals surface area contributed by atoms with E-state index in [-0.39, 0.29) is 0 Å². The van der Waals surface area contributed by atoms with Crippen molar-refractivity contribution in [1.29, 1.82) is 0 Å². The van der Waals surface area contributed by atoms with E-state index in [1.807, 2.05) is 13.8 Å². The fourth-order valence-corrected chi connectivity index (χ4v) is 3.91. The SMILES string of the molecule is COc1c(C)c(Cc2c(C)c(OC)c(OC)c(OC)c2OC)c(OC)c(OC)c1OC. The van der Waals surface area contributed by atoms with Crippen molar-refractivity contribution in [1.82, 2.24) is 0 Å². The quantitative estimate of drug-likeness (QED) is 0.554. The van der Waals surface area contributed by atoms with E-state index in [1.165, 1.54) is 0 Å². The third kappa shape index (κ3) is 3.94. The normalized spacial score (nSPS) is 10.4. The summed E-state index contributed by atoms with van der Waals surface area (Å²) in [6, 6.07) is 0. The first-order valence-corrected chi connectivity index (χ1v) is 9.61. The van der Waals surface area contributed by atoms with Crippen LogP contribution in [0.3, 0.4) is 0 Å². The van der Waals surface area contributed by atoms with Crippen LogP contribution in [-0.4, -0.2) is 56.9 Å². The van der Waals surface area contributed by atoms with Crippen LogP contribution in [0.4, 0.5) is 0 Å². The third-order valence-electron chi connectivity index (χ3n) is 5.36. The summed E-state index contributed by atoms with van der Waals surface area (Å²) in [5, 5.41) is 0. The molecule has 0 aliphatic carbocycles. The van der Waals surface area contributed by atoms with Gasteiger partial charge in [-0.2, -0.15) is 0 Å². The highest BCUT2D eigenvalue weighted by Gasteiger charge is 2.30. The Morgan fingerprint density at radius 1 is 0.355 bits per heavy atom. The molecule has 8 nitrogen and oxygen atoms in total. The van der Waals surface area contributed by atoms with Crippen molar-refractivity contribution in [2.24, 2.45) is 0 Å². The first-order chi connectivity index (χ1) is 14.9. The Balaban J connectivity index is 2.91. The van der Waals surface area contributed by atoms with Crippen molar-refractivity contribution in [3.05, 3.63) is 22.3 Å². The molecule has 172 valence electrons. The zero-order valence-electron chi connectivity index (χ0n) is 20.0. The smallest absolute Gasteiger partial charge is 0.207 e. The van der Waals surface area contributed by atoms with Gasteiger partial charge in [0.25, 0.3) is 0 Å². The van der Waals surface area contributed by atoms with Gasteiger partial charge in [-0.05, 0) is 13.8 Å². The molecule has 8 heteroatoms. The van der Waals surface area contributed by atoms with E-state index >= 15 is 0 Å². The highest BCUT2D eigenvalue weighted by molar-refractivity contribution is 5.71. The first kappa shape index (κ1) is 24.1. The Hall–Kier alpha value is -3.16. The molecule has 2 aromatic carbocycles. The van der Waals surface area contributed by atoms with Crippen molar-refractivity contribution in [2.45, 2.75) is 20.3 Å². The van der Waals surface area contributed by atoms with E-state index in [1.54, 1.807) is 56.9 Å². The summed E-state index contributed by atoms with van der Waals surface area (Å²) >= 11 is 0. The lowest BCUT2D eigenvalue weighted by Gasteiger charge is -2.24. The summed E-state index contributed by atoms with van der Waals surface area (Å²) in [5.41, 5.74) is 3.42. The molecule has 0 unspecified atom stereocenters. The van der Waals surface area contributed by atoms with Crippen molar-refractivity contribution >= 4 is 0 Å². The monoisotopic (exact) mass is 436 g/mol. The van der Waals surface area contributed by atoms with Crippen LogP contribution in [0.2, 0.25) is 0 Å². The predicted molar refractivity (Wildman–Crippen MR) is 118 cm³/mol. The molecule has 0 bridgehead atoms. The van der Waals surface area contributed by atoms with Gasteiger partial charge in [-0.1, -0.05) is 0 Å². The van der Waals surface area contributed by atoms with Crippen molar-refractivity contribution in [3.8, 4) is 46.0 Å². The van der Waals surface area contributed by atoms with Crippen LogP contribution in [0.15, 0.2) is 0 Å². The van der Waals surface area contributed by atoms with Crippen LogP contribution in [0, 0.1) is 13.8 Å². The maximum atomic E-state index is 5.75. The number of hydrogen-bond donors (Lipinski definition) is 0. The summed E-state index contributed by atoms with van der Waals surface area (Å²) in [5.74, 6) is 4.07. The first-order valence-electron chi connectivity index (χ1n) is 9.61. The maximum Gasteiger partial charge on any atom is 0.207 e. The molecule has 0 saturated heterocycles.